The molecule has 5 heteroatoms. The molecule has 1 aromatic rings. The molecule has 2 atom stereocenters. The topological polar surface area (TPSA) is 29.5 Å². The minimum absolute atomic E-state index is 0.144. The largest absolute Gasteiger partial charge is 0.467 e. The molecule has 2 fully saturated rings. The van der Waals surface area contributed by atoms with Gasteiger partial charge in [-0.2, -0.15) is 0 Å². The molecule has 1 amide bonds. The molecule has 1 saturated heterocycles. The first-order chi connectivity index (χ1) is 10.8. The average molecular weight is 354 g/mol. The third-order valence-electron chi connectivity index (χ3n) is 4.37. The summed E-state index contributed by atoms with van der Waals surface area (Å²) in [7, 11) is 0. The Morgan fingerprint density at radius 3 is 2.57 bits per heavy atom. The number of hydrogen-bond donors (Lipinski definition) is 0. The summed E-state index contributed by atoms with van der Waals surface area (Å²) in [4.78, 5) is 14.9. The van der Waals surface area contributed by atoms with E-state index in [0.29, 0.717) is 16.7 Å². The number of para-hydroxylation sites is 1. The van der Waals surface area contributed by atoms with E-state index in [1.807, 2.05) is 40.9 Å². The number of hydrogen-bond acceptors (Lipinski definition) is 3. The van der Waals surface area contributed by atoms with Crippen LogP contribution in [0.25, 0.3) is 0 Å². The number of rotatable bonds is 4. The molecule has 1 aromatic carbocycles. The molecule has 0 aromatic heterocycles. The van der Waals surface area contributed by atoms with E-state index in [4.69, 9.17) is 16.3 Å². The van der Waals surface area contributed by atoms with Gasteiger partial charge in [0, 0.05) is 5.92 Å². The molecular weight excluding hydrogens is 330 g/mol. The molecule has 1 heterocycles. The van der Waals surface area contributed by atoms with E-state index < -0.39 is 0 Å². The smallest absolute Gasteiger partial charge is 0.229 e. The van der Waals surface area contributed by atoms with Gasteiger partial charge in [-0.3, -0.25) is 9.69 Å². The number of thioether (sulfide) groups is 1. The Morgan fingerprint density at radius 2 is 2.00 bits per heavy atom. The standard InChI is InChI=1S/C18H24ClNO2S/c1-11(2)16-20(15(21)12-9-10-12)17(18(3,4)23-16)22-14-8-6-5-7-13(14)19/h5-8,11-12,16-17H,9-10H2,1-4H3. The molecule has 0 spiro atoms. The lowest BCUT2D eigenvalue weighted by molar-refractivity contribution is -0.143. The van der Waals surface area contributed by atoms with Crippen molar-refractivity contribution in [3.63, 3.8) is 0 Å². The van der Waals surface area contributed by atoms with Crippen molar-refractivity contribution in [1.29, 1.82) is 0 Å². The van der Waals surface area contributed by atoms with E-state index in [0.717, 1.165) is 12.8 Å². The molecule has 23 heavy (non-hydrogen) atoms. The van der Waals surface area contributed by atoms with Gasteiger partial charge < -0.3 is 4.74 Å². The summed E-state index contributed by atoms with van der Waals surface area (Å²) in [6.07, 6.45) is 1.71. The lowest BCUT2D eigenvalue weighted by atomic mass is 10.1. The first-order valence-corrected chi connectivity index (χ1v) is 9.48. The highest BCUT2D eigenvalue weighted by atomic mass is 35.5. The van der Waals surface area contributed by atoms with Crippen LogP contribution in [-0.2, 0) is 4.79 Å². The van der Waals surface area contributed by atoms with Crippen LogP contribution in [0.15, 0.2) is 24.3 Å². The maximum absolute atomic E-state index is 12.9. The molecule has 1 saturated carbocycles. The predicted molar refractivity (Wildman–Crippen MR) is 95.7 cm³/mol. The quantitative estimate of drug-likeness (QED) is 0.779. The SMILES string of the molecule is CC(C)C1SC(C)(C)C(Oc2ccccc2Cl)N1C(=O)C1CC1. The second kappa shape index (κ2) is 6.21. The molecule has 3 rings (SSSR count). The summed E-state index contributed by atoms with van der Waals surface area (Å²) < 4.78 is 6.08. The van der Waals surface area contributed by atoms with Crippen molar-refractivity contribution in [2.45, 2.75) is 56.9 Å². The van der Waals surface area contributed by atoms with E-state index in [1.165, 1.54) is 0 Å². The summed E-state index contributed by atoms with van der Waals surface area (Å²) in [5, 5.41) is 0.728. The third-order valence-corrected chi connectivity index (χ3v) is 6.51. The molecule has 1 aliphatic heterocycles. The average Bonchev–Trinajstić information content (AvgIpc) is 3.27. The zero-order chi connectivity index (χ0) is 16.8. The van der Waals surface area contributed by atoms with E-state index in [-0.39, 0.29) is 28.2 Å². The second-order valence-electron chi connectivity index (χ2n) is 7.28. The van der Waals surface area contributed by atoms with Gasteiger partial charge in [0.25, 0.3) is 0 Å². The monoisotopic (exact) mass is 353 g/mol. The Labute approximate surface area is 147 Å². The lowest BCUT2D eigenvalue weighted by Gasteiger charge is -2.34. The molecule has 3 nitrogen and oxygen atoms in total. The fourth-order valence-corrected chi connectivity index (χ4v) is 4.67. The fraction of sp³-hybridized carbons (Fsp3) is 0.611. The number of halogens is 1. The molecule has 126 valence electrons. The summed E-state index contributed by atoms with van der Waals surface area (Å²) in [6, 6.07) is 7.47. The minimum atomic E-state index is -0.298. The Morgan fingerprint density at radius 1 is 1.35 bits per heavy atom. The normalized spacial score (nSPS) is 26.6. The number of amides is 1. The zero-order valence-electron chi connectivity index (χ0n) is 14.1. The van der Waals surface area contributed by atoms with Crippen LogP contribution in [0.2, 0.25) is 5.02 Å². The third kappa shape index (κ3) is 3.34. The molecule has 1 aliphatic carbocycles. The predicted octanol–water partition coefficient (Wildman–Crippen LogP) is 4.79. The van der Waals surface area contributed by atoms with Crippen LogP contribution >= 0.6 is 23.4 Å². The van der Waals surface area contributed by atoms with Gasteiger partial charge in [0.05, 0.1) is 15.1 Å². The molecule has 2 aliphatic rings. The van der Waals surface area contributed by atoms with E-state index in [9.17, 15) is 4.79 Å². The number of nitrogens with zero attached hydrogens (tertiary/aromatic N) is 1. The van der Waals surface area contributed by atoms with Crippen molar-refractivity contribution in [3.8, 4) is 5.75 Å². The van der Waals surface area contributed by atoms with Gasteiger partial charge in [0.15, 0.2) is 6.23 Å². The highest BCUT2D eigenvalue weighted by Crippen LogP contribution is 2.50. The first kappa shape index (κ1) is 17.0. The van der Waals surface area contributed by atoms with Crippen LogP contribution < -0.4 is 4.74 Å². The molecular formula is C18H24ClNO2S. The van der Waals surface area contributed by atoms with Crippen molar-refractivity contribution in [1.82, 2.24) is 4.90 Å². The molecule has 0 bridgehead atoms. The van der Waals surface area contributed by atoms with Crippen LogP contribution in [0.4, 0.5) is 0 Å². The zero-order valence-corrected chi connectivity index (χ0v) is 15.7. The summed E-state index contributed by atoms with van der Waals surface area (Å²) >= 11 is 8.09. The van der Waals surface area contributed by atoms with Crippen molar-refractivity contribution in [2.75, 3.05) is 0 Å². The number of carbonyl (C=O) groups is 1. The van der Waals surface area contributed by atoms with Crippen LogP contribution in [0, 0.1) is 11.8 Å². The van der Waals surface area contributed by atoms with Gasteiger partial charge in [-0.1, -0.05) is 37.6 Å². The van der Waals surface area contributed by atoms with Crippen LogP contribution in [0.5, 0.6) is 5.75 Å². The van der Waals surface area contributed by atoms with Crippen LogP contribution in [0.3, 0.4) is 0 Å². The van der Waals surface area contributed by atoms with Gasteiger partial charge in [-0.25, -0.2) is 0 Å². The highest BCUT2D eigenvalue weighted by Gasteiger charge is 2.54. The van der Waals surface area contributed by atoms with Gasteiger partial charge in [0.2, 0.25) is 5.91 Å². The summed E-state index contributed by atoms with van der Waals surface area (Å²) in [6.45, 7) is 8.63. The van der Waals surface area contributed by atoms with Crippen molar-refractivity contribution in [3.05, 3.63) is 29.3 Å². The fourth-order valence-electron chi connectivity index (χ4n) is 2.99. The van der Waals surface area contributed by atoms with Gasteiger partial charge >= 0.3 is 0 Å². The second-order valence-corrected chi connectivity index (χ2v) is 9.45. The van der Waals surface area contributed by atoms with Crippen molar-refractivity contribution in [2.24, 2.45) is 11.8 Å². The molecule has 0 N–H and O–H groups in total. The van der Waals surface area contributed by atoms with E-state index >= 15 is 0 Å². The van der Waals surface area contributed by atoms with Gasteiger partial charge in [-0.15, -0.1) is 11.8 Å². The maximum Gasteiger partial charge on any atom is 0.229 e. The Balaban J connectivity index is 1.92. The number of ether oxygens (including phenoxy) is 1. The highest BCUT2D eigenvalue weighted by molar-refractivity contribution is 8.01. The van der Waals surface area contributed by atoms with Crippen molar-refractivity contribution < 1.29 is 9.53 Å². The number of benzene rings is 1. The Bertz CT molecular complexity index is 600. The first-order valence-electron chi connectivity index (χ1n) is 8.22. The van der Waals surface area contributed by atoms with Crippen molar-refractivity contribution >= 4 is 29.3 Å². The molecule has 0 radical (unpaired) electrons. The minimum Gasteiger partial charge on any atom is -0.467 e. The van der Waals surface area contributed by atoms with E-state index in [1.54, 1.807) is 0 Å². The van der Waals surface area contributed by atoms with Gasteiger partial charge in [-0.05, 0) is 44.7 Å². The van der Waals surface area contributed by atoms with Crippen LogP contribution in [0.1, 0.15) is 40.5 Å². The van der Waals surface area contributed by atoms with Gasteiger partial charge in [0.1, 0.15) is 5.75 Å². The summed E-state index contributed by atoms with van der Waals surface area (Å²) in [5.74, 6) is 1.44. The molecule has 2 unspecified atom stereocenters. The summed E-state index contributed by atoms with van der Waals surface area (Å²) in [5.41, 5.74) is 0. The van der Waals surface area contributed by atoms with Crippen LogP contribution in [-0.4, -0.2) is 27.2 Å². The Kier molecular flexibility index (Phi) is 4.58. The maximum atomic E-state index is 12.9. The van der Waals surface area contributed by atoms with E-state index in [2.05, 4.69) is 27.7 Å². The number of carbonyl (C=O) groups excluding carboxylic acids is 1. The Hall–Kier alpha value is -0.870. The lowest BCUT2D eigenvalue weighted by Crippen LogP contribution is -2.50.